The maximum atomic E-state index is 15.2. The molecule has 2 aromatic heterocycles. The van der Waals surface area contributed by atoms with Crippen LogP contribution in [0.15, 0.2) is 30.6 Å². The number of carbonyl (C=O) groups excluding carboxylic acids is 5. The first-order valence-electron chi connectivity index (χ1n) is 15.7. The van der Waals surface area contributed by atoms with Gasteiger partial charge in [-0.25, -0.2) is 9.37 Å². The fraction of sp³-hybridized carbons (Fsp3) is 0.424. The van der Waals surface area contributed by atoms with Crippen molar-refractivity contribution in [2.45, 2.75) is 65.1 Å². The van der Waals surface area contributed by atoms with E-state index in [1.807, 2.05) is 9.58 Å². The van der Waals surface area contributed by atoms with Gasteiger partial charge in [0.15, 0.2) is 0 Å². The lowest BCUT2D eigenvalue weighted by molar-refractivity contribution is -0.136. The third kappa shape index (κ3) is 5.71. The summed E-state index contributed by atoms with van der Waals surface area (Å²) in [4.78, 5) is 70.4. The summed E-state index contributed by atoms with van der Waals surface area (Å²) in [5.74, 6) is -3.29. The third-order valence-corrected chi connectivity index (χ3v) is 9.83. The van der Waals surface area contributed by atoms with Gasteiger partial charge in [0.2, 0.25) is 17.7 Å². The highest BCUT2D eigenvalue weighted by Crippen LogP contribution is 2.39. The van der Waals surface area contributed by atoms with E-state index < -0.39 is 35.5 Å². The standard InChI is InChI=1S/C33H33ClFN7O5/c1-33(2)12-26-22(13-37-41(26)16-33)19-11-27(36-14-23(19)34)38-29(44)17-5-7-40(8-6-17)15-18-9-20-21(10-24(18)35)32(47)42(31(20)46)25-3-4-28(43)39-30(25)45/h9-11,13-14,17,25H,3-8,12,15-16H2,1-2H3,(H,36,38,44)(H,39,43,45). The minimum absolute atomic E-state index is 0.000543. The number of benzene rings is 1. The molecule has 0 bridgehead atoms. The molecule has 7 rings (SSSR count). The van der Waals surface area contributed by atoms with Crippen molar-refractivity contribution in [1.82, 2.24) is 29.9 Å². The van der Waals surface area contributed by atoms with E-state index in [0.29, 0.717) is 36.8 Å². The molecule has 47 heavy (non-hydrogen) atoms. The van der Waals surface area contributed by atoms with Gasteiger partial charge in [0.05, 0.1) is 22.3 Å². The fourth-order valence-electron chi connectivity index (χ4n) is 7.07. The van der Waals surface area contributed by atoms with E-state index in [1.54, 1.807) is 12.3 Å². The molecule has 244 valence electrons. The van der Waals surface area contributed by atoms with E-state index in [1.165, 1.54) is 12.3 Å². The van der Waals surface area contributed by atoms with Crippen LogP contribution in [-0.2, 0) is 33.9 Å². The summed E-state index contributed by atoms with van der Waals surface area (Å²) in [6, 6.07) is 3.08. The number of hydrogen-bond donors (Lipinski definition) is 2. The SMILES string of the molecule is CC1(C)Cc2c(-c3cc(NC(=O)C4CCN(Cc5cc6c(cc5F)C(=O)N(C5CCC(=O)NC5=O)C6=O)CC4)ncc3Cl)cnn2C1. The molecule has 4 aliphatic heterocycles. The van der Waals surface area contributed by atoms with Crippen LogP contribution in [0.4, 0.5) is 10.2 Å². The molecule has 0 aliphatic carbocycles. The Morgan fingerprint density at radius 3 is 2.47 bits per heavy atom. The minimum atomic E-state index is -1.12. The number of piperidine rings is 2. The van der Waals surface area contributed by atoms with Gasteiger partial charge in [-0.15, -0.1) is 0 Å². The third-order valence-electron chi connectivity index (χ3n) is 9.53. The summed E-state index contributed by atoms with van der Waals surface area (Å²) in [6.07, 6.45) is 5.30. The highest BCUT2D eigenvalue weighted by Gasteiger charge is 2.45. The van der Waals surface area contributed by atoms with Crippen molar-refractivity contribution >= 4 is 47.0 Å². The van der Waals surface area contributed by atoms with Crippen LogP contribution in [-0.4, -0.2) is 73.2 Å². The Kier molecular flexibility index (Phi) is 7.71. The largest absolute Gasteiger partial charge is 0.310 e. The highest BCUT2D eigenvalue weighted by molar-refractivity contribution is 6.33. The maximum Gasteiger partial charge on any atom is 0.262 e. The Morgan fingerprint density at radius 2 is 1.74 bits per heavy atom. The number of rotatable bonds is 6. The summed E-state index contributed by atoms with van der Waals surface area (Å²) < 4.78 is 17.2. The molecule has 5 amide bonds. The zero-order valence-electron chi connectivity index (χ0n) is 25.9. The first-order chi connectivity index (χ1) is 22.4. The van der Waals surface area contributed by atoms with Crippen molar-refractivity contribution in [2.75, 3.05) is 18.4 Å². The van der Waals surface area contributed by atoms with Crippen LogP contribution < -0.4 is 10.6 Å². The van der Waals surface area contributed by atoms with E-state index in [0.717, 1.165) is 40.8 Å². The molecule has 14 heteroatoms. The summed E-state index contributed by atoms with van der Waals surface area (Å²) >= 11 is 6.53. The van der Waals surface area contributed by atoms with E-state index >= 15 is 4.39 Å². The molecule has 1 aromatic carbocycles. The van der Waals surface area contributed by atoms with Gasteiger partial charge in [0, 0.05) is 54.0 Å². The average Bonchev–Trinajstić information content (AvgIpc) is 3.62. The number of nitrogens with zero attached hydrogens (tertiary/aromatic N) is 5. The fourth-order valence-corrected chi connectivity index (χ4v) is 7.27. The lowest BCUT2D eigenvalue weighted by atomic mass is 9.89. The molecule has 0 saturated carbocycles. The predicted molar refractivity (Wildman–Crippen MR) is 168 cm³/mol. The van der Waals surface area contributed by atoms with Crippen LogP contribution in [0.1, 0.15) is 71.5 Å². The van der Waals surface area contributed by atoms with E-state index in [4.69, 9.17) is 11.6 Å². The molecule has 2 N–H and O–H groups in total. The van der Waals surface area contributed by atoms with Crippen molar-refractivity contribution in [1.29, 1.82) is 0 Å². The Hall–Kier alpha value is -4.49. The molecular weight excluding hydrogens is 629 g/mol. The van der Waals surface area contributed by atoms with Crippen LogP contribution in [0, 0.1) is 17.2 Å². The minimum Gasteiger partial charge on any atom is -0.310 e. The van der Waals surface area contributed by atoms with Crippen LogP contribution in [0.3, 0.4) is 0 Å². The zero-order chi connectivity index (χ0) is 33.2. The van der Waals surface area contributed by atoms with Crippen molar-refractivity contribution in [3.63, 3.8) is 0 Å². The second-order valence-corrected chi connectivity index (χ2v) is 13.9. The number of amides is 5. The van der Waals surface area contributed by atoms with E-state index in [2.05, 4.69) is 34.6 Å². The number of nitrogens with one attached hydrogen (secondary N) is 2. The molecule has 0 radical (unpaired) electrons. The Morgan fingerprint density at radius 1 is 1.02 bits per heavy atom. The zero-order valence-corrected chi connectivity index (χ0v) is 26.7. The van der Waals surface area contributed by atoms with Crippen molar-refractivity contribution in [3.05, 3.63) is 63.8 Å². The number of hydrogen-bond acceptors (Lipinski definition) is 8. The first kappa shape index (κ1) is 31.1. The van der Waals surface area contributed by atoms with Gasteiger partial charge in [0.1, 0.15) is 17.7 Å². The predicted octanol–water partition coefficient (Wildman–Crippen LogP) is 3.57. The summed E-state index contributed by atoms with van der Waals surface area (Å²) in [7, 11) is 0. The quantitative estimate of drug-likeness (QED) is 0.381. The molecule has 3 aromatic rings. The van der Waals surface area contributed by atoms with Gasteiger partial charge in [-0.05, 0) is 62.4 Å². The van der Waals surface area contributed by atoms with Crippen molar-refractivity contribution < 1.29 is 28.4 Å². The van der Waals surface area contributed by atoms with Gasteiger partial charge in [-0.1, -0.05) is 25.4 Å². The number of anilines is 1. The number of imide groups is 2. The monoisotopic (exact) mass is 661 g/mol. The molecule has 2 fully saturated rings. The normalized spacial score (nSPS) is 21.2. The molecule has 1 atom stereocenters. The van der Waals surface area contributed by atoms with Gasteiger partial charge < -0.3 is 5.32 Å². The van der Waals surface area contributed by atoms with Crippen LogP contribution >= 0.6 is 11.6 Å². The van der Waals surface area contributed by atoms with Crippen molar-refractivity contribution in [3.8, 4) is 11.1 Å². The molecule has 0 spiro atoms. The number of carbonyl (C=O) groups is 5. The summed E-state index contributed by atoms with van der Waals surface area (Å²) in [6.45, 7) is 6.43. The second-order valence-electron chi connectivity index (χ2n) is 13.5. The average molecular weight is 662 g/mol. The molecule has 1 unspecified atom stereocenters. The number of halogens is 2. The number of fused-ring (bicyclic) bond motifs is 2. The molecule has 6 heterocycles. The number of likely N-dealkylation sites (tertiary alicyclic amines) is 1. The van der Waals surface area contributed by atoms with Gasteiger partial charge in [-0.3, -0.25) is 43.8 Å². The highest BCUT2D eigenvalue weighted by atomic mass is 35.5. The lowest BCUT2D eigenvalue weighted by Crippen LogP contribution is -2.54. The van der Waals surface area contributed by atoms with E-state index in [-0.39, 0.29) is 53.3 Å². The van der Waals surface area contributed by atoms with Crippen LogP contribution in [0.25, 0.3) is 11.1 Å². The van der Waals surface area contributed by atoms with Crippen LogP contribution in [0.2, 0.25) is 5.02 Å². The smallest absolute Gasteiger partial charge is 0.262 e. The van der Waals surface area contributed by atoms with E-state index in [9.17, 15) is 24.0 Å². The maximum absolute atomic E-state index is 15.2. The second kappa shape index (κ2) is 11.6. The number of aromatic nitrogens is 3. The van der Waals surface area contributed by atoms with Gasteiger partial charge in [0.25, 0.3) is 11.8 Å². The molecular formula is C33H33ClFN7O5. The Bertz CT molecular complexity index is 1870. The van der Waals surface area contributed by atoms with Crippen molar-refractivity contribution in [2.24, 2.45) is 11.3 Å². The Balaban J connectivity index is 0.980. The first-order valence-corrected chi connectivity index (χ1v) is 16.0. The topological polar surface area (TPSA) is 147 Å². The van der Waals surface area contributed by atoms with Crippen LogP contribution in [0.5, 0.6) is 0 Å². The summed E-state index contributed by atoms with van der Waals surface area (Å²) in [5.41, 5.74) is 3.08. The molecule has 4 aliphatic rings. The van der Waals surface area contributed by atoms with Gasteiger partial charge in [-0.2, -0.15) is 5.10 Å². The Labute approximate surface area is 274 Å². The molecule has 2 saturated heterocycles. The lowest BCUT2D eigenvalue weighted by Gasteiger charge is -2.31. The summed E-state index contributed by atoms with van der Waals surface area (Å²) in [5, 5.41) is 10.1. The molecule has 12 nitrogen and oxygen atoms in total. The number of pyridine rings is 1. The van der Waals surface area contributed by atoms with Gasteiger partial charge >= 0.3 is 0 Å².